The van der Waals surface area contributed by atoms with E-state index in [0.717, 1.165) is 53.2 Å². The number of methoxy groups -OCH3 is 1. The predicted octanol–water partition coefficient (Wildman–Crippen LogP) is 5.66. The van der Waals surface area contributed by atoms with Gasteiger partial charge in [-0.3, -0.25) is 19.4 Å². The highest BCUT2D eigenvalue weighted by atomic mass is 32.2. The van der Waals surface area contributed by atoms with E-state index in [-0.39, 0.29) is 30.1 Å². The van der Waals surface area contributed by atoms with Crippen LogP contribution in [-0.4, -0.2) is 231 Å². The van der Waals surface area contributed by atoms with E-state index in [2.05, 4.69) is 38.0 Å². The molecule has 3 aliphatic rings. The van der Waals surface area contributed by atoms with Crippen molar-refractivity contribution in [2.24, 2.45) is 0 Å². The van der Waals surface area contributed by atoms with Gasteiger partial charge in [0.05, 0.1) is 174 Å². The van der Waals surface area contributed by atoms with Crippen LogP contribution in [0.15, 0.2) is 82.3 Å². The molecular formula is C66H99N4O23S2-. The molecule has 27 nitrogen and oxygen atoms in total. The second-order valence-corrected chi connectivity index (χ2v) is 25.2. The van der Waals surface area contributed by atoms with Crippen molar-refractivity contribution in [1.82, 2.24) is 10.4 Å². The number of imide groups is 1. The van der Waals surface area contributed by atoms with Crippen molar-refractivity contribution in [3.63, 3.8) is 0 Å². The Balaban J connectivity index is 0.915. The normalized spacial score (nSPS) is 15.6. The van der Waals surface area contributed by atoms with Gasteiger partial charge in [-0.2, -0.15) is 8.91 Å². The first-order chi connectivity index (χ1) is 46.0. The monoisotopic (exact) mass is 1380 g/mol. The molecule has 2 aromatic carbocycles. The van der Waals surface area contributed by atoms with Crippen LogP contribution in [0.2, 0.25) is 0 Å². The van der Waals surface area contributed by atoms with Gasteiger partial charge in [0.15, 0.2) is 5.71 Å². The number of nitrogens with zero attached hydrogens (tertiary/aromatic N) is 3. The number of carbonyl (C=O) groups is 4. The van der Waals surface area contributed by atoms with E-state index >= 15 is 0 Å². The third kappa shape index (κ3) is 29.9. The first-order valence-electron chi connectivity index (χ1n) is 32.5. The van der Waals surface area contributed by atoms with Crippen molar-refractivity contribution in [3.05, 3.63) is 83.6 Å². The number of ether oxygens (including phenoxy) is 12. The largest absolute Gasteiger partial charge is 0.744 e. The van der Waals surface area contributed by atoms with Gasteiger partial charge in [0.1, 0.15) is 16.7 Å². The molecular weight excluding hydrogens is 1280 g/mol. The van der Waals surface area contributed by atoms with Crippen LogP contribution in [0.1, 0.15) is 103 Å². The molecule has 29 heteroatoms. The van der Waals surface area contributed by atoms with Gasteiger partial charge >= 0.3 is 5.97 Å². The molecule has 0 atom stereocenters. The molecule has 0 radical (unpaired) electrons. The number of fused-ring (bicyclic) bond motifs is 2. The fraction of sp³-hybridized carbons (Fsp3) is 0.652. The Kier molecular flexibility index (Phi) is 39.2. The summed E-state index contributed by atoms with van der Waals surface area (Å²) in [7, 11) is -3.08. The standard InChI is InChI=1S/C66H100N4O23S2/c1-65(2)55-51-53(94-93-92-75)19-21-57(55)68(27-14-8-12-18-64(74)91-70-62(72)23-24-63(70)73)59(65)15-9-6-10-16-60-66(3,4)56-52-54(95(76,77)78)20-22-58(56)69(60)26-13-7-11-17-61(71)67-25-28-80-31-32-82-35-36-84-39-40-86-43-44-88-47-48-90-50-49-89-46-45-87-42-41-85-38-37-83-34-33-81-30-29-79-5/h6,9-10,15-16,19-22,51-52H,7-8,11-14,17-18,23-50H2,1-5H3,(H2-,67,71,75,76,77,78)/p-1. The molecule has 5 rings (SSSR count). The molecule has 1 saturated heterocycles. The maximum atomic E-state index is 12.7. The van der Waals surface area contributed by atoms with Gasteiger partial charge < -0.3 is 81.7 Å². The first kappa shape index (κ1) is 80.6. The molecule has 534 valence electrons. The van der Waals surface area contributed by atoms with Crippen LogP contribution in [0, 0.1) is 0 Å². The lowest BCUT2D eigenvalue weighted by atomic mass is 9.81. The summed E-state index contributed by atoms with van der Waals surface area (Å²) in [6, 6.07) is 10.2. The number of hydroxylamine groups is 2. The summed E-state index contributed by atoms with van der Waals surface area (Å²) >= 11 is 0.810. The zero-order valence-electron chi connectivity index (χ0n) is 55.9. The number of allylic oxidation sites excluding steroid dienone is 6. The summed E-state index contributed by atoms with van der Waals surface area (Å²) < 4.78 is 109. The summed E-state index contributed by atoms with van der Waals surface area (Å²) in [5.41, 5.74) is 4.20. The molecule has 95 heavy (non-hydrogen) atoms. The van der Waals surface area contributed by atoms with Crippen molar-refractivity contribution >= 4 is 62.9 Å². The Hall–Kier alpha value is -5.13. The maximum Gasteiger partial charge on any atom is 0.333 e. The van der Waals surface area contributed by atoms with E-state index in [1.54, 1.807) is 13.2 Å². The molecule has 0 unspecified atom stereocenters. The lowest BCUT2D eigenvalue weighted by molar-refractivity contribution is -0.777. The minimum Gasteiger partial charge on any atom is -0.744 e. The average Bonchev–Trinajstić information content (AvgIpc) is 1.60. The highest BCUT2D eigenvalue weighted by molar-refractivity contribution is 7.94. The highest BCUT2D eigenvalue weighted by Gasteiger charge is 2.45. The quantitative estimate of drug-likeness (QED) is 0.0122. The SMILES string of the molecule is COCCOCCOCCOCCOCCOCCOCCOCCOCCOCCOCCOCCNC(=O)CCCCCN1C(=CC=CC=CC2=[N+](CCCCCC(=O)ON3C(=O)CCC3=O)c3ccc(SOO[O-])cc3C2(C)C)C(C)(C)c2cc(S(=O)(=O)[O-])ccc21. The van der Waals surface area contributed by atoms with Crippen LogP contribution in [0.25, 0.3) is 0 Å². The van der Waals surface area contributed by atoms with Gasteiger partial charge in [0.2, 0.25) is 11.6 Å². The minimum absolute atomic E-state index is 0.0246. The molecule has 0 saturated carbocycles. The fourth-order valence-electron chi connectivity index (χ4n) is 10.5. The van der Waals surface area contributed by atoms with Crippen LogP contribution in [0.3, 0.4) is 0 Å². The number of hydrogen-bond acceptors (Lipinski definition) is 25. The third-order valence-corrected chi connectivity index (χ3v) is 16.8. The van der Waals surface area contributed by atoms with Crippen LogP contribution < -0.4 is 15.5 Å². The van der Waals surface area contributed by atoms with Gasteiger partial charge in [0, 0.05) is 91.7 Å². The Bertz CT molecular complexity index is 2840. The van der Waals surface area contributed by atoms with Crippen molar-refractivity contribution in [3.8, 4) is 0 Å². The van der Waals surface area contributed by atoms with Gasteiger partial charge in [-0.05, 0) is 81.5 Å². The predicted molar refractivity (Wildman–Crippen MR) is 346 cm³/mol. The number of rotatable bonds is 56. The topological polar surface area (TPSA) is 309 Å². The van der Waals surface area contributed by atoms with Gasteiger partial charge in [-0.15, -0.1) is 5.06 Å². The molecule has 3 aliphatic heterocycles. The number of amides is 3. The Labute approximate surface area is 563 Å². The lowest BCUT2D eigenvalue weighted by Gasteiger charge is -2.27. The first-order valence-corrected chi connectivity index (χ1v) is 34.7. The maximum absolute atomic E-state index is 12.7. The van der Waals surface area contributed by atoms with Crippen molar-refractivity contribution < 1.29 is 113 Å². The molecule has 0 spiro atoms. The van der Waals surface area contributed by atoms with Crippen LogP contribution in [0.4, 0.5) is 11.4 Å². The smallest absolute Gasteiger partial charge is 0.333 e. The van der Waals surface area contributed by atoms with Crippen LogP contribution in [0.5, 0.6) is 0 Å². The highest BCUT2D eigenvalue weighted by Crippen LogP contribution is 2.49. The van der Waals surface area contributed by atoms with E-state index in [0.29, 0.717) is 219 Å². The second-order valence-electron chi connectivity index (χ2n) is 23.0. The molecule has 3 heterocycles. The van der Waals surface area contributed by atoms with E-state index in [9.17, 15) is 37.4 Å². The van der Waals surface area contributed by atoms with E-state index < -0.39 is 38.7 Å². The van der Waals surface area contributed by atoms with E-state index in [1.807, 2.05) is 62.4 Å². The number of hydrogen-bond donors (Lipinski definition) is 1. The fourth-order valence-corrected chi connectivity index (χ4v) is 11.3. The lowest BCUT2D eigenvalue weighted by Crippen LogP contribution is -2.31. The zero-order chi connectivity index (χ0) is 68.4. The molecule has 0 bridgehead atoms. The third-order valence-electron chi connectivity index (χ3n) is 15.4. The zero-order valence-corrected chi connectivity index (χ0v) is 57.5. The van der Waals surface area contributed by atoms with Gasteiger partial charge in [-0.1, -0.05) is 38.5 Å². The minimum atomic E-state index is -4.72. The Morgan fingerprint density at radius 1 is 0.600 bits per heavy atom. The number of anilines is 1. The molecule has 0 aromatic heterocycles. The van der Waals surface area contributed by atoms with Gasteiger partial charge in [-0.25, -0.2) is 13.2 Å². The van der Waals surface area contributed by atoms with Crippen LogP contribution in [-0.2, 0) is 111 Å². The molecule has 1 N–H and O–H groups in total. The Morgan fingerprint density at radius 3 is 1.62 bits per heavy atom. The second kappa shape index (κ2) is 46.2. The van der Waals surface area contributed by atoms with E-state index in [4.69, 9.17) is 61.7 Å². The molecule has 0 aliphatic carbocycles. The van der Waals surface area contributed by atoms with Crippen molar-refractivity contribution in [1.29, 1.82) is 0 Å². The number of unbranched alkanes of at least 4 members (excludes halogenated alkanes) is 4. The molecule has 3 amide bonds. The summed E-state index contributed by atoms with van der Waals surface area (Å²) in [6.07, 6.45) is 14.2. The Morgan fingerprint density at radius 2 is 1.11 bits per heavy atom. The summed E-state index contributed by atoms with van der Waals surface area (Å²) in [6.45, 7) is 20.5. The molecule has 1 fully saturated rings. The van der Waals surface area contributed by atoms with Crippen molar-refractivity contribution in [2.75, 3.05) is 184 Å². The number of carbonyl (C=O) groups excluding carboxylic acids is 4. The van der Waals surface area contributed by atoms with Crippen molar-refractivity contribution in [2.45, 2.75) is 113 Å². The summed E-state index contributed by atoms with van der Waals surface area (Å²) in [5, 5.41) is 17.7. The van der Waals surface area contributed by atoms with E-state index in [1.165, 1.54) is 12.1 Å². The summed E-state index contributed by atoms with van der Waals surface area (Å²) in [5.74, 6) is -1.76. The molecule has 2 aromatic rings. The van der Waals surface area contributed by atoms with Crippen LogP contribution >= 0.6 is 12.0 Å². The number of benzene rings is 2. The summed E-state index contributed by atoms with van der Waals surface area (Å²) in [4.78, 5) is 56.6. The number of nitrogens with one attached hydrogen (secondary N) is 1. The van der Waals surface area contributed by atoms with Gasteiger partial charge in [0.25, 0.3) is 11.8 Å². The average molecular weight is 1380 g/mol.